The standard InChI is InChI=1S/C10H19N3O4S/c1-10(2)7-11-9(14)8(10)12-18(15,16)13-3-5-17-6-4-13/h8,12H,3-7H2,1-2H3,(H,11,14). The van der Waals surface area contributed by atoms with E-state index in [0.29, 0.717) is 32.8 Å². The highest BCUT2D eigenvalue weighted by molar-refractivity contribution is 7.87. The van der Waals surface area contributed by atoms with Gasteiger partial charge in [-0.25, -0.2) is 0 Å². The first-order valence-corrected chi connectivity index (χ1v) is 7.40. The zero-order chi connectivity index (χ0) is 13.4. The summed E-state index contributed by atoms with van der Waals surface area (Å²) in [5, 5.41) is 2.68. The highest BCUT2D eigenvalue weighted by Crippen LogP contribution is 2.25. The van der Waals surface area contributed by atoms with Crippen LogP contribution in [-0.4, -0.2) is 57.5 Å². The summed E-state index contributed by atoms with van der Waals surface area (Å²) in [6.07, 6.45) is 0. The van der Waals surface area contributed by atoms with Gasteiger partial charge in [0.15, 0.2) is 0 Å². The van der Waals surface area contributed by atoms with E-state index in [1.165, 1.54) is 4.31 Å². The van der Waals surface area contributed by atoms with E-state index in [1.807, 2.05) is 13.8 Å². The van der Waals surface area contributed by atoms with Gasteiger partial charge in [0.1, 0.15) is 6.04 Å². The third-order valence-electron chi connectivity index (χ3n) is 3.34. The van der Waals surface area contributed by atoms with Crippen molar-refractivity contribution in [2.75, 3.05) is 32.8 Å². The van der Waals surface area contributed by atoms with Crippen LogP contribution in [0, 0.1) is 5.41 Å². The van der Waals surface area contributed by atoms with Crippen molar-refractivity contribution in [2.24, 2.45) is 5.41 Å². The van der Waals surface area contributed by atoms with Crippen LogP contribution in [0.5, 0.6) is 0 Å². The molecule has 2 heterocycles. The van der Waals surface area contributed by atoms with Gasteiger partial charge in [0.25, 0.3) is 10.2 Å². The Bertz CT molecular complexity index is 428. The molecule has 0 aromatic heterocycles. The van der Waals surface area contributed by atoms with E-state index in [0.717, 1.165) is 0 Å². The number of ether oxygens (including phenoxy) is 1. The molecule has 0 aromatic carbocycles. The Kier molecular flexibility index (Phi) is 3.63. The molecule has 2 N–H and O–H groups in total. The van der Waals surface area contributed by atoms with E-state index < -0.39 is 21.7 Å². The van der Waals surface area contributed by atoms with Crippen LogP contribution in [0.3, 0.4) is 0 Å². The lowest BCUT2D eigenvalue weighted by molar-refractivity contribution is -0.121. The van der Waals surface area contributed by atoms with E-state index >= 15 is 0 Å². The Morgan fingerprint density at radius 1 is 1.39 bits per heavy atom. The number of morpholine rings is 1. The number of hydrogen-bond acceptors (Lipinski definition) is 4. The predicted octanol–water partition coefficient (Wildman–Crippen LogP) is -1.32. The summed E-state index contributed by atoms with van der Waals surface area (Å²) < 4.78 is 33.2. The predicted molar refractivity (Wildman–Crippen MR) is 65.0 cm³/mol. The maximum absolute atomic E-state index is 12.2. The Hall–Kier alpha value is -0.700. The maximum atomic E-state index is 12.2. The van der Waals surface area contributed by atoms with Crippen LogP contribution in [0.1, 0.15) is 13.8 Å². The van der Waals surface area contributed by atoms with Crippen LogP contribution in [-0.2, 0) is 19.7 Å². The average Bonchev–Trinajstić information content (AvgIpc) is 2.57. The largest absolute Gasteiger partial charge is 0.379 e. The van der Waals surface area contributed by atoms with Crippen molar-refractivity contribution in [1.82, 2.24) is 14.3 Å². The minimum atomic E-state index is -3.63. The summed E-state index contributed by atoms with van der Waals surface area (Å²) in [5.41, 5.74) is -0.420. The molecule has 2 aliphatic rings. The minimum Gasteiger partial charge on any atom is -0.379 e. The van der Waals surface area contributed by atoms with Gasteiger partial charge in [-0.15, -0.1) is 0 Å². The summed E-state index contributed by atoms with van der Waals surface area (Å²) in [5.74, 6) is -0.267. The first-order valence-electron chi connectivity index (χ1n) is 5.96. The van der Waals surface area contributed by atoms with Gasteiger partial charge in [-0.1, -0.05) is 13.8 Å². The molecule has 0 radical (unpaired) electrons. The lowest BCUT2D eigenvalue weighted by Gasteiger charge is -2.30. The van der Waals surface area contributed by atoms with Crippen molar-refractivity contribution in [2.45, 2.75) is 19.9 Å². The Balaban J connectivity index is 2.10. The zero-order valence-electron chi connectivity index (χ0n) is 10.6. The third-order valence-corrected chi connectivity index (χ3v) is 4.92. The topological polar surface area (TPSA) is 87.7 Å². The number of nitrogens with zero attached hydrogens (tertiary/aromatic N) is 1. The quantitative estimate of drug-likeness (QED) is 0.669. The van der Waals surface area contributed by atoms with E-state index in [9.17, 15) is 13.2 Å². The van der Waals surface area contributed by atoms with Crippen molar-refractivity contribution in [3.8, 4) is 0 Å². The fourth-order valence-electron chi connectivity index (χ4n) is 2.10. The van der Waals surface area contributed by atoms with E-state index in [1.54, 1.807) is 0 Å². The van der Waals surface area contributed by atoms with Gasteiger partial charge in [-0.2, -0.15) is 17.4 Å². The molecule has 8 heteroatoms. The summed E-state index contributed by atoms with van der Waals surface area (Å²) in [6.45, 7) is 5.62. The molecule has 2 aliphatic heterocycles. The third kappa shape index (κ3) is 2.66. The Labute approximate surface area is 107 Å². The lowest BCUT2D eigenvalue weighted by atomic mass is 9.88. The monoisotopic (exact) mass is 277 g/mol. The molecule has 2 saturated heterocycles. The molecule has 18 heavy (non-hydrogen) atoms. The van der Waals surface area contributed by atoms with Crippen molar-refractivity contribution < 1.29 is 17.9 Å². The van der Waals surface area contributed by atoms with Crippen molar-refractivity contribution in [1.29, 1.82) is 0 Å². The van der Waals surface area contributed by atoms with Gasteiger partial charge in [-0.3, -0.25) is 4.79 Å². The summed E-state index contributed by atoms with van der Waals surface area (Å²) in [4.78, 5) is 11.7. The van der Waals surface area contributed by atoms with E-state index in [2.05, 4.69) is 10.0 Å². The van der Waals surface area contributed by atoms with Gasteiger partial charge >= 0.3 is 0 Å². The summed E-state index contributed by atoms with van der Waals surface area (Å²) in [6, 6.07) is -0.717. The second-order valence-corrected chi connectivity index (χ2v) is 6.98. The molecular weight excluding hydrogens is 258 g/mol. The number of carbonyl (C=O) groups is 1. The second-order valence-electron chi connectivity index (χ2n) is 5.27. The van der Waals surface area contributed by atoms with Crippen LogP contribution >= 0.6 is 0 Å². The number of carbonyl (C=O) groups excluding carboxylic acids is 1. The van der Waals surface area contributed by atoms with Crippen LogP contribution in [0.25, 0.3) is 0 Å². The smallest absolute Gasteiger partial charge is 0.280 e. The first-order chi connectivity index (χ1) is 8.33. The summed E-state index contributed by atoms with van der Waals surface area (Å²) >= 11 is 0. The van der Waals surface area contributed by atoms with Crippen LogP contribution < -0.4 is 10.0 Å². The first kappa shape index (κ1) is 13.7. The lowest BCUT2D eigenvalue weighted by Crippen LogP contribution is -2.54. The van der Waals surface area contributed by atoms with Gasteiger partial charge in [-0.05, 0) is 0 Å². The van der Waals surface area contributed by atoms with Gasteiger partial charge in [0.05, 0.1) is 13.2 Å². The number of rotatable bonds is 3. The molecule has 7 nitrogen and oxygen atoms in total. The zero-order valence-corrected chi connectivity index (χ0v) is 11.4. The fourth-order valence-corrected chi connectivity index (χ4v) is 3.60. The van der Waals surface area contributed by atoms with Gasteiger partial charge < -0.3 is 10.1 Å². The SMILES string of the molecule is CC1(C)CNC(=O)C1NS(=O)(=O)N1CCOCC1. The molecule has 1 amide bonds. The molecule has 0 bridgehead atoms. The molecule has 1 atom stereocenters. The molecule has 0 aliphatic carbocycles. The molecular formula is C10H19N3O4S. The molecule has 2 rings (SSSR count). The van der Waals surface area contributed by atoms with Gasteiger partial charge in [0.2, 0.25) is 5.91 Å². The fraction of sp³-hybridized carbons (Fsp3) is 0.900. The van der Waals surface area contributed by atoms with Crippen LogP contribution in [0.15, 0.2) is 0 Å². The molecule has 0 saturated carbocycles. The number of hydrogen-bond donors (Lipinski definition) is 2. The second kappa shape index (κ2) is 4.76. The Morgan fingerprint density at radius 3 is 2.50 bits per heavy atom. The van der Waals surface area contributed by atoms with Crippen molar-refractivity contribution in [3.63, 3.8) is 0 Å². The minimum absolute atomic E-state index is 0.267. The molecule has 1 unspecified atom stereocenters. The molecule has 0 spiro atoms. The van der Waals surface area contributed by atoms with Crippen LogP contribution in [0.4, 0.5) is 0 Å². The van der Waals surface area contributed by atoms with Crippen LogP contribution in [0.2, 0.25) is 0 Å². The maximum Gasteiger partial charge on any atom is 0.280 e. The van der Waals surface area contributed by atoms with E-state index in [4.69, 9.17) is 4.74 Å². The normalized spacial score (nSPS) is 29.2. The average molecular weight is 277 g/mol. The summed E-state index contributed by atoms with van der Waals surface area (Å²) in [7, 11) is -3.63. The van der Waals surface area contributed by atoms with Crippen molar-refractivity contribution >= 4 is 16.1 Å². The van der Waals surface area contributed by atoms with Gasteiger partial charge in [0, 0.05) is 25.0 Å². The van der Waals surface area contributed by atoms with Crippen molar-refractivity contribution in [3.05, 3.63) is 0 Å². The molecule has 104 valence electrons. The molecule has 2 fully saturated rings. The van der Waals surface area contributed by atoms with E-state index in [-0.39, 0.29) is 5.91 Å². The molecule has 0 aromatic rings. The number of amides is 1. The number of nitrogens with one attached hydrogen (secondary N) is 2. The Morgan fingerprint density at radius 2 is 2.00 bits per heavy atom. The highest BCUT2D eigenvalue weighted by Gasteiger charge is 2.44. The highest BCUT2D eigenvalue weighted by atomic mass is 32.2.